The van der Waals surface area contributed by atoms with Gasteiger partial charge in [-0.1, -0.05) is 55.2 Å². The van der Waals surface area contributed by atoms with Crippen molar-refractivity contribution in [1.29, 1.82) is 0 Å². The van der Waals surface area contributed by atoms with Gasteiger partial charge in [-0.3, -0.25) is 4.98 Å². The van der Waals surface area contributed by atoms with Crippen molar-refractivity contribution in [1.82, 2.24) is 10.3 Å². The summed E-state index contributed by atoms with van der Waals surface area (Å²) >= 11 is 12.6. The minimum Gasteiger partial charge on any atom is -0.309 e. The van der Waals surface area contributed by atoms with E-state index in [0.717, 1.165) is 24.2 Å². The Morgan fingerprint density at radius 2 is 1.95 bits per heavy atom. The minimum atomic E-state index is 0.0889. The number of halogens is 2. The molecule has 0 aliphatic heterocycles. The van der Waals surface area contributed by atoms with E-state index in [-0.39, 0.29) is 12.0 Å². The van der Waals surface area contributed by atoms with Crippen molar-refractivity contribution in [3.63, 3.8) is 0 Å². The van der Waals surface area contributed by atoms with E-state index >= 15 is 0 Å². The lowest BCUT2D eigenvalue weighted by Crippen LogP contribution is -2.27. The molecule has 0 saturated carbocycles. The summed E-state index contributed by atoms with van der Waals surface area (Å²) in [4.78, 5) is 4.47. The molecule has 0 fully saturated rings. The molecule has 0 aliphatic rings. The number of hydrogen-bond donors (Lipinski definition) is 1. The van der Waals surface area contributed by atoms with Crippen molar-refractivity contribution >= 4 is 23.2 Å². The summed E-state index contributed by atoms with van der Waals surface area (Å²) in [6, 6.07) is 11.9. The van der Waals surface area contributed by atoms with Crippen molar-refractivity contribution < 1.29 is 0 Å². The minimum absolute atomic E-state index is 0.0889. The van der Waals surface area contributed by atoms with E-state index in [4.69, 9.17) is 23.2 Å². The highest BCUT2D eigenvalue weighted by molar-refractivity contribution is 6.42. The van der Waals surface area contributed by atoms with E-state index in [9.17, 15) is 0 Å². The summed E-state index contributed by atoms with van der Waals surface area (Å²) in [6.45, 7) is 5.23. The van der Waals surface area contributed by atoms with Crippen LogP contribution in [-0.2, 0) is 0 Å². The van der Waals surface area contributed by atoms with Crippen LogP contribution in [0.5, 0.6) is 0 Å². The number of aromatic nitrogens is 1. The zero-order valence-electron chi connectivity index (χ0n) is 12.3. The van der Waals surface area contributed by atoms with E-state index in [1.165, 1.54) is 0 Å². The Bertz CT molecular complexity index is 572. The predicted octanol–water partition coefficient (Wildman–Crippen LogP) is 5.23. The largest absolute Gasteiger partial charge is 0.309 e. The normalized spacial score (nSPS) is 13.9. The molecular formula is C17H20Cl2N2. The molecule has 2 rings (SSSR count). The molecule has 2 aromatic rings. The van der Waals surface area contributed by atoms with E-state index in [0.29, 0.717) is 10.0 Å². The molecule has 0 bridgehead atoms. The lowest BCUT2D eigenvalue weighted by molar-refractivity contribution is 0.460. The Balaban J connectivity index is 2.36. The molecule has 0 saturated heterocycles. The van der Waals surface area contributed by atoms with E-state index in [2.05, 4.69) is 24.1 Å². The molecule has 0 radical (unpaired) electrons. The van der Waals surface area contributed by atoms with Gasteiger partial charge in [-0.15, -0.1) is 0 Å². The molecule has 0 spiro atoms. The van der Waals surface area contributed by atoms with Crippen molar-refractivity contribution in [2.24, 2.45) is 0 Å². The maximum Gasteiger partial charge on any atom is 0.0640 e. The first kappa shape index (κ1) is 16.3. The molecule has 1 heterocycles. The van der Waals surface area contributed by atoms with Crippen LogP contribution in [0, 0.1) is 0 Å². The molecule has 1 aromatic carbocycles. The van der Waals surface area contributed by atoms with E-state index < -0.39 is 0 Å². The van der Waals surface area contributed by atoms with Crippen LogP contribution in [0.1, 0.15) is 43.5 Å². The molecule has 112 valence electrons. The van der Waals surface area contributed by atoms with Gasteiger partial charge in [0, 0.05) is 23.9 Å². The number of pyridine rings is 1. The molecule has 1 aromatic heterocycles. The van der Waals surface area contributed by atoms with Crippen LogP contribution in [0.15, 0.2) is 42.6 Å². The quantitative estimate of drug-likeness (QED) is 0.787. The van der Waals surface area contributed by atoms with Crippen LogP contribution in [0.4, 0.5) is 0 Å². The summed E-state index contributed by atoms with van der Waals surface area (Å²) in [6.07, 6.45) is 2.88. The highest BCUT2D eigenvalue weighted by Gasteiger charge is 2.24. The maximum absolute atomic E-state index is 6.41. The summed E-state index contributed by atoms with van der Waals surface area (Å²) < 4.78 is 0. The van der Waals surface area contributed by atoms with Gasteiger partial charge in [-0.05, 0) is 36.7 Å². The zero-order chi connectivity index (χ0) is 15.2. The van der Waals surface area contributed by atoms with Crippen molar-refractivity contribution in [3.8, 4) is 0 Å². The summed E-state index contributed by atoms with van der Waals surface area (Å²) in [7, 11) is 0. The molecule has 4 heteroatoms. The average molecular weight is 323 g/mol. The van der Waals surface area contributed by atoms with Gasteiger partial charge in [0.05, 0.1) is 10.0 Å². The van der Waals surface area contributed by atoms with Crippen molar-refractivity contribution in [3.05, 3.63) is 63.9 Å². The smallest absolute Gasteiger partial charge is 0.0640 e. The number of benzene rings is 1. The van der Waals surface area contributed by atoms with Crippen LogP contribution >= 0.6 is 23.2 Å². The third-order valence-corrected chi connectivity index (χ3v) is 4.42. The molecular weight excluding hydrogens is 303 g/mol. The Hall–Kier alpha value is -1.09. The fourth-order valence-corrected chi connectivity index (χ4v) is 2.86. The van der Waals surface area contributed by atoms with Crippen LogP contribution in [-0.4, -0.2) is 11.5 Å². The van der Waals surface area contributed by atoms with Gasteiger partial charge in [0.2, 0.25) is 0 Å². The second-order valence-electron chi connectivity index (χ2n) is 5.12. The Morgan fingerprint density at radius 1 is 1.14 bits per heavy atom. The fourth-order valence-electron chi connectivity index (χ4n) is 2.43. The zero-order valence-corrected chi connectivity index (χ0v) is 13.8. The Morgan fingerprint density at radius 3 is 2.62 bits per heavy atom. The Kier molecular flexibility index (Phi) is 6.04. The summed E-state index contributed by atoms with van der Waals surface area (Å²) in [5.74, 6) is 0.203. The predicted molar refractivity (Wildman–Crippen MR) is 90.1 cm³/mol. The monoisotopic (exact) mass is 322 g/mol. The van der Waals surface area contributed by atoms with Gasteiger partial charge in [-0.2, -0.15) is 0 Å². The number of hydrogen-bond acceptors (Lipinski definition) is 2. The second-order valence-corrected chi connectivity index (χ2v) is 5.90. The first-order chi connectivity index (χ1) is 10.1. The number of nitrogens with zero attached hydrogens (tertiary/aromatic N) is 1. The van der Waals surface area contributed by atoms with E-state index in [1.807, 2.05) is 42.6 Å². The lowest BCUT2D eigenvalue weighted by Gasteiger charge is -2.26. The Labute approximate surface area is 136 Å². The number of nitrogens with one attached hydrogen (secondary N) is 1. The lowest BCUT2D eigenvalue weighted by atomic mass is 9.91. The van der Waals surface area contributed by atoms with Gasteiger partial charge in [0.25, 0.3) is 0 Å². The third-order valence-electron chi connectivity index (χ3n) is 3.59. The van der Waals surface area contributed by atoms with Crippen molar-refractivity contribution in [2.45, 2.75) is 32.2 Å². The second kappa shape index (κ2) is 7.79. The highest BCUT2D eigenvalue weighted by atomic mass is 35.5. The first-order valence-corrected chi connectivity index (χ1v) is 7.99. The molecule has 2 nitrogen and oxygen atoms in total. The highest BCUT2D eigenvalue weighted by Crippen LogP contribution is 2.36. The van der Waals surface area contributed by atoms with Gasteiger partial charge in [-0.25, -0.2) is 0 Å². The molecule has 2 unspecified atom stereocenters. The van der Waals surface area contributed by atoms with Gasteiger partial charge in [0.1, 0.15) is 0 Å². The maximum atomic E-state index is 6.41. The summed E-state index contributed by atoms with van der Waals surface area (Å²) in [5, 5.41) is 4.78. The van der Waals surface area contributed by atoms with E-state index in [1.54, 1.807) is 0 Å². The van der Waals surface area contributed by atoms with Crippen LogP contribution < -0.4 is 5.32 Å². The SMILES string of the molecule is CCCNC(c1cccc(Cl)c1Cl)C(C)c1ccccn1. The fraction of sp³-hybridized carbons (Fsp3) is 0.353. The molecule has 0 amide bonds. The average Bonchev–Trinajstić information content (AvgIpc) is 2.52. The first-order valence-electron chi connectivity index (χ1n) is 7.23. The topological polar surface area (TPSA) is 24.9 Å². The van der Waals surface area contributed by atoms with Gasteiger partial charge >= 0.3 is 0 Å². The van der Waals surface area contributed by atoms with Gasteiger partial charge < -0.3 is 5.32 Å². The van der Waals surface area contributed by atoms with Crippen LogP contribution in [0.2, 0.25) is 10.0 Å². The van der Waals surface area contributed by atoms with Crippen molar-refractivity contribution in [2.75, 3.05) is 6.54 Å². The van der Waals surface area contributed by atoms with Crippen LogP contribution in [0.3, 0.4) is 0 Å². The van der Waals surface area contributed by atoms with Crippen LogP contribution in [0.25, 0.3) is 0 Å². The molecule has 0 aliphatic carbocycles. The number of rotatable bonds is 6. The third kappa shape index (κ3) is 3.97. The molecule has 2 atom stereocenters. The molecule has 1 N–H and O–H groups in total. The van der Waals surface area contributed by atoms with Gasteiger partial charge in [0.15, 0.2) is 0 Å². The summed E-state index contributed by atoms with van der Waals surface area (Å²) in [5.41, 5.74) is 2.07. The molecule has 21 heavy (non-hydrogen) atoms. The standard InChI is InChI=1S/C17H20Cl2N2/c1-3-10-21-17(12(2)15-9-4-5-11-20-15)13-7-6-8-14(18)16(13)19/h4-9,11-12,17,21H,3,10H2,1-2H3.